The highest BCUT2D eigenvalue weighted by molar-refractivity contribution is 7.80. The van der Waals surface area contributed by atoms with Crippen molar-refractivity contribution in [1.29, 1.82) is 0 Å². The Morgan fingerprint density at radius 3 is 2.44 bits per heavy atom. The van der Waals surface area contributed by atoms with E-state index in [1.807, 2.05) is 48.7 Å². The lowest BCUT2D eigenvalue weighted by molar-refractivity contribution is -0.128. The van der Waals surface area contributed by atoms with Gasteiger partial charge in [0.05, 0.1) is 0 Å². The Balaban J connectivity index is 2.06. The van der Waals surface area contributed by atoms with Gasteiger partial charge in [-0.05, 0) is 68.0 Å². The first-order chi connectivity index (χ1) is 11.8. The van der Waals surface area contributed by atoms with Crippen LogP contribution in [0.15, 0.2) is 35.9 Å². The van der Waals surface area contributed by atoms with Crippen molar-refractivity contribution in [2.45, 2.75) is 13.8 Å². The highest BCUT2D eigenvalue weighted by Crippen LogP contribution is 2.24. The molecular formula is C18H16ClN3O2S. The molecule has 1 aromatic carbocycles. The molecule has 7 heteroatoms. The van der Waals surface area contributed by atoms with Crippen LogP contribution in [0.5, 0.6) is 0 Å². The van der Waals surface area contributed by atoms with Crippen molar-refractivity contribution in [1.82, 2.24) is 14.8 Å². The summed E-state index contributed by atoms with van der Waals surface area (Å²) in [6.07, 6.45) is 1.60. The van der Waals surface area contributed by atoms with Crippen LogP contribution in [0, 0.1) is 13.8 Å². The molecule has 3 rings (SSSR count). The maximum atomic E-state index is 12.3. The predicted molar refractivity (Wildman–Crippen MR) is 102 cm³/mol. The van der Waals surface area contributed by atoms with Crippen LogP contribution in [-0.2, 0) is 9.59 Å². The largest absolute Gasteiger partial charge is 0.318 e. The molecule has 0 spiro atoms. The van der Waals surface area contributed by atoms with Gasteiger partial charge in [-0.3, -0.25) is 19.8 Å². The summed E-state index contributed by atoms with van der Waals surface area (Å²) in [5.74, 6) is -0.894. The highest BCUT2D eigenvalue weighted by atomic mass is 35.5. The number of thiocarbonyl (C=S) groups is 1. The molecule has 0 unspecified atom stereocenters. The molecule has 1 aromatic heterocycles. The number of aromatic nitrogens is 1. The Labute approximate surface area is 155 Å². The van der Waals surface area contributed by atoms with Crippen molar-refractivity contribution in [2.24, 2.45) is 0 Å². The minimum atomic E-state index is -0.482. The molecule has 128 valence electrons. The van der Waals surface area contributed by atoms with Gasteiger partial charge >= 0.3 is 0 Å². The van der Waals surface area contributed by atoms with Crippen molar-refractivity contribution >= 4 is 46.8 Å². The fourth-order valence-electron chi connectivity index (χ4n) is 2.82. The smallest absolute Gasteiger partial charge is 0.265 e. The molecule has 0 radical (unpaired) electrons. The fourth-order valence-corrected chi connectivity index (χ4v) is 3.12. The number of halogens is 1. The summed E-state index contributed by atoms with van der Waals surface area (Å²) in [6, 6.07) is 9.42. The topological polar surface area (TPSA) is 54.3 Å². The van der Waals surface area contributed by atoms with E-state index in [-0.39, 0.29) is 10.7 Å². The Morgan fingerprint density at radius 2 is 1.80 bits per heavy atom. The second-order valence-electron chi connectivity index (χ2n) is 5.82. The lowest BCUT2D eigenvalue weighted by atomic mass is 10.1. The standard InChI is InChI=1S/C18H16ClN3O2S/c1-10-8-12(9-15-16(23)20-18(25)21(3)17(15)24)11(2)22(10)14-6-4-13(19)5-7-14/h4-9H,1-3H3,(H,20,23,25)/b15-9+. The lowest BCUT2D eigenvalue weighted by Gasteiger charge is -2.25. The number of benzene rings is 1. The van der Waals surface area contributed by atoms with Crippen LogP contribution >= 0.6 is 23.8 Å². The summed E-state index contributed by atoms with van der Waals surface area (Å²) in [5, 5.41) is 3.29. The van der Waals surface area contributed by atoms with E-state index in [0.717, 1.165) is 22.6 Å². The summed E-state index contributed by atoms with van der Waals surface area (Å²) in [6.45, 7) is 3.90. The Bertz CT molecular complexity index is 929. The highest BCUT2D eigenvalue weighted by Gasteiger charge is 2.31. The summed E-state index contributed by atoms with van der Waals surface area (Å²) in [7, 11) is 1.54. The predicted octanol–water partition coefficient (Wildman–Crippen LogP) is 3.00. The third-order valence-corrected chi connectivity index (χ3v) is 4.79. The second-order valence-corrected chi connectivity index (χ2v) is 6.64. The SMILES string of the molecule is Cc1cc(/C=C2\C(=O)NC(=S)N(C)C2=O)c(C)n1-c1ccc(Cl)cc1. The Morgan fingerprint density at radius 1 is 1.16 bits per heavy atom. The molecule has 2 aromatic rings. The Hall–Kier alpha value is -2.44. The molecule has 0 saturated carbocycles. The van der Waals surface area contributed by atoms with E-state index in [0.29, 0.717) is 5.02 Å². The molecule has 1 aliphatic heterocycles. The van der Waals surface area contributed by atoms with Crippen molar-refractivity contribution in [3.8, 4) is 5.69 Å². The van der Waals surface area contributed by atoms with Crippen molar-refractivity contribution < 1.29 is 9.59 Å². The minimum absolute atomic E-state index is 0.0625. The van der Waals surface area contributed by atoms with Crippen molar-refractivity contribution in [3.63, 3.8) is 0 Å². The van der Waals surface area contributed by atoms with Crippen LogP contribution in [0.4, 0.5) is 0 Å². The molecular weight excluding hydrogens is 358 g/mol. The first-order valence-corrected chi connectivity index (χ1v) is 8.38. The maximum absolute atomic E-state index is 12.3. The van der Waals surface area contributed by atoms with Gasteiger partial charge in [0.1, 0.15) is 5.57 Å². The molecule has 1 N–H and O–H groups in total. The molecule has 1 aliphatic rings. The van der Waals surface area contributed by atoms with Crippen LogP contribution in [0.3, 0.4) is 0 Å². The number of aryl methyl sites for hydroxylation is 1. The van der Waals surface area contributed by atoms with Gasteiger partial charge in [-0.2, -0.15) is 0 Å². The molecule has 2 amide bonds. The van der Waals surface area contributed by atoms with Crippen LogP contribution in [0.2, 0.25) is 5.02 Å². The summed E-state index contributed by atoms with van der Waals surface area (Å²) < 4.78 is 2.04. The van der Waals surface area contributed by atoms with Crippen molar-refractivity contribution in [2.75, 3.05) is 7.05 Å². The lowest BCUT2D eigenvalue weighted by Crippen LogP contribution is -2.52. The van der Waals surface area contributed by atoms with Gasteiger partial charge in [-0.25, -0.2) is 0 Å². The number of carbonyl (C=O) groups is 2. The van der Waals surface area contributed by atoms with E-state index >= 15 is 0 Å². The summed E-state index contributed by atoms with van der Waals surface area (Å²) in [4.78, 5) is 25.7. The van der Waals surface area contributed by atoms with E-state index < -0.39 is 11.8 Å². The first-order valence-electron chi connectivity index (χ1n) is 7.59. The van der Waals surface area contributed by atoms with Crippen molar-refractivity contribution in [3.05, 3.63) is 57.9 Å². The maximum Gasteiger partial charge on any atom is 0.265 e. The van der Waals surface area contributed by atoms with Gasteiger partial charge in [-0.1, -0.05) is 11.6 Å². The zero-order valence-electron chi connectivity index (χ0n) is 14.0. The zero-order chi connectivity index (χ0) is 18.3. The second kappa shape index (κ2) is 6.46. The van der Waals surface area contributed by atoms with E-state index in [9.17, 15) is 9.59 Å². The van der Waals surface area contributed by atoms with Gasteiger partial charge < -0.3 is 4.57 Å². The molecule has 0 atom stereocenters. The van der Waals surface area contributed by atoms with Crippen LogP contribution in [-0.4, -0.2) is 33.4 Å². The number of nitrogens with zero attached hydrogens (tertiary/aromatic N) is 2. The quantitative estimate of drug-likeness (QED) is 0.500. The van der Waals surface area contributed by atoms with Gasteiger partial charge in [-0.15, -0.1) is 0 Å². The molecule has 1 fully saturated rings. The van der Waals surface area contributed by atoms with Crippen LogP contribution in [0.1, 0.15) is 17.0 Å². The monoisotopic (exact) mass is 373 g/mol. The number of nitrogens with one attached hydrogen (secondary N) is 1. The van der Waals surface area contributed by atoms with Crippen LogP contribution in [0.25, 0.3) is 11.8 Å². The zero-order valence-corrected chi connectivity index (χ0v) is 15.5. The number of carbonyl (C=O) groups excluding carboxylic acids is 2. The van der Waals surface area contributed by atoms with Gasteiger partial charge in [0.2, 0.25) is 0 Å². The molecule has 5 nitrogen and oxygen atoms in total. The van der Waals surface area contributed by atoms with E-state index in [2.05, 4.69) is 5.32 Å². The third-order valence-electron chi connectivity index (χ3n) is 4.16. The summed E-state index contributed by atoms with van der Waals surface area (Å²) >= 11 is 10.9. The van der Waals surface area contributed by atoms with Gasteiger partial charge in [0, 0.05) is 29.1 Å². The Kier molecular flexibility index (Phi) is 4.49. The normalized spacial score (nSPS) is 16.6. The molecule has 0 aliphatic carbocycles. The molecule has 1 saturated heterocycles. The molecule has 0 bridgehead atoms. The molecule has 2 heterocycles. The van der Waals surface area contributed by atoms with Crippen LogP contribution < -0.4 is 5.32 Å². The fraction of sp³-hybridized carbons (Fsp3) is 0.167. The van der Waals surface area contributed by atoms with Gasteiger partial charge in [0.15, 0.2) is 5.11 Å². The van der Waals surface area contributed by atoms with E-state index in [4.69, 9.17) is 23.8 Å². The summed E-state index contributed by atoms with van der Waals surface area (Å²) in [5.41, 5.74) is 3.73. The number of hydrogen-bond donors (Lipinski definition) is 1. The average molecular weight is 374 g/mol. The number of rotatable bonds is 2. The third kappa shape index (κ3) is 3.10. The van der Waals surface area contributed by atoms with Gasteiger partial charge in [0.25, 0.3) is 11.8 Å². The number of hydrogen-bond acceptors (Lipinski definition) is 3. The number of amides is 2. The van der Waals surface area contributed by atoms with E-state index in [1.54, 1.807) is 6.08 Å². The van der Waals surface area contributed by atoms with E-state index in [1.165, 1.54) is 11.9 Å². The minimum Gasteiger partial charge on any atom is -0.318 e. The first kappa shape index (κ1) is 17.4. The average Bonchev–Trinajstić information content (AvgIpc) is 2.84. The molecule has 25 heavy (non-hydrogen) atoms. The number of likely N-dealkylation sites (N-methyl/N-ethyl adjacent to an activating group) is 1.